The van der Waals surface area contributed by atoms with E-state index in [4.69, 9.17) is 9.47 Å². The van der Waals surface area contributed by atoms with E-state index in [1.807, 2.05) is 6.92 Å². The van der Waals surface area contributed by atoms with E-state index in [0.717, 1.165) is 32.4 Å². The molecule has 4 nitrogen and oxygen atoms in total. The van der Waals surface area contributed by atoms with Crippen LogP contribution in [0.3, 0.4) is 0 Å². The van der Waals surface area contributed by atoms with Crippen LogP contribution in [-0.2, 0) is 14.3 Å². The summed E-state index contributed by atoms with van der Waals surface area (Å²) in [5.41, 5.74) is 0. The quantitative estimate of drug-likeness (QED) is 0.648. The molecule has 1 aliphatic carbocycles. The number of esters is 1. The molecular weight excluding hydrogens is 194 g/mol. The Kier molecular flexibility index (Phi) is 3.26. The molecule has 0 aromatic rings. The molecule has 0 N–H and O–H groups in total. The van der Waals surface area contributed by atoms with Gasteiger partial charge in [0.15, 0.2) is 0 Å². The zero-order valence-corrected chi connectivity index (χ0v) is 9.44. The molecule has 15 heavy (non-hydrogen) atoms. The lowest BCUT2D eigenvalue weighted by Gasteiger charge is -2.50. The standard InChI is InChI=1S/C11H19NO3/c1-3-15-9-6-8(7-9)12-5-4-10(12)11(13)14-2/h8-10H,3-7H2,1-2H3. The molecule has 1 heterocycles. The van der Waals surface area contributed by atoms with Crippen LogP contribution in [-0.4, -0.2) is 49.3 Å². The second-order valence-electron chi connectivity index (χ2n) is 4.27. The van der Waals surface area contributed by atoms with Crippen LogP contribution in [0.5, 0.6) is 0 Å². The first kappa shape index (κ1) is 10.9. The zero-order valence-electron chi connectivity index (χ0n) is 9.44. The normalized spacial score (nSPS) is 35.5. The summed E-state index contributed by atoms with van der Waals surface area (Å²) in [6, 6.07) is 0.557. The molecule has 0 bridgehead atoms. The van der Waals surface area contributed by atoms with Gasteiger partial charge in [-0.3, -0.25) is 9.69 Å². The van der Waals surface area contributed by atoms with Crippen molar-refractivity contribution in [3.63, 3.8) is 0 Å². The van der Waals surface area contributed by atoms with Crippen molar-refractivity contribution in [3.05, 3.63) is 0 Å². The third-order valence-electron chi connectivity index (χ3n) is 3.48. The van der Waals surface area contributed by atoms with Crippen molar-refractivity contribution >= 4 is 5.97 Å². The van der Waals surface area contributed by atoms with Gasteiger partial charge in [0.1, 0.15) is 6.04 Å². The van der Waals surface area contributed by atoms with Gasteiger partial charge in [-0.15, -0.1) is 0 Å². The van der Waals surface area contributed by atoms with Crippen LogP contribution >= 0.6 is 0 Å². The van der Waals surface area contributed by atoms with Crippen LogP contribution in [0, 0.1) is 0 Å². The summed E-state index contributed by atoms with van der Waals surface area (Å²) in [5, 5.41) is 0. The summed E-state index contributed by atoms with van der Waals surface area (Å²) in [4.78, 5) is 13.6. The summed E-state index contributed by atoms with van der Waals surface area (Å²) < 4.78 is 10.3. The molecule has 0 spiro atoms. The van der Waals surface area contributed by atoms with Crippen LogP contribution in [0.25, 0.3) is 0 Å². The molecule has 0 amide bonds. The minimum absolute atomic E-state index is 0.0163. The van der Waals surface area contributed by atoms with Crippen LogP contribution < -0.4 is 0 Å². The number of hydrogen-bond acceptors (Lipinski definition) is 4. The van der Waals surface area contributed by atoms with Crippen LogP contribution in [0.1, 0.15) is 26.2 Å². The monoisotopic (exact) mass is 213 g/mol. The molecule has 86 valence electrons. The Hall–Kier alpha value is -0.610. The average molecular weight is 213 g/mol. The van der Waals surface area contributed by atoms with E-state index >= 15 is 0 Å². The van der Waals surface area contributed by atoms with E-state index in [-0.39, 0.29) is 12.0 Å². The fourth-order valence-electron chi connectivity index (χ4n) is 2.41. The Bertz CT molecular complexity index is 238. The number of ether oxygens (including phenoxy) is 2. The lowest BCUT2D eigenvalue weighted by molar-refractivity contribution is -0.159. The Labute approximate surface area is 90.5 Å². The van der Waals surface area contributed by atoms with Gasteiger partial charge in [-0.05, 0) is 26.2 Å². The van der Waals surface area contributed by atoms with Gasteiger partial charge in [-0.1, -0.05) is 0 Å². The van der Waals surface area contributed by atoms with E-state index in [1.165, 1.54) is 7.11 Å². The smallest absolute Gasteiger partial charge is 0.323 e. The highest BCUT2D eigenvalue weighted by molar-refractivity contribution is 5.76. The molecule has 1 unspecified atom stereocenters. The lowest BCUT2D eigenvalue weighted by atomic mass is 9.84. The molecule has 1 aliphatic heterocycles. The Morgan fingerprint density at radius 3 is 2.67 bits per heavy atom. The summed E-state index contributed by atoms with van der Waals surface area (Å²) >= 11 is 0. The highest BCUT2D eigenvalue weighted by atomic mass is 16.5. The predicted molar refractivity (Wildman–Crippen MR) is 55.6 cm³/mol. The third-order valence-corrected chi connectivity index (χ3v) is 3.48. The van der Waals surface area contributed by atoms with Crippen molar-refractivity contribution in [2.75, 3.05) is 20.3 Å². The minimum Gasteiger partial charge on any atom is -0.468 e. The van der Waals surface area contributed by atoms with Crippen molar-refractivity contribution < 1.29 is 14.3 Å². The third kappa shape index (κ3) is 2.01. The first-order valence-corrected chi connectivity index (χ1v) is 5.71. The maximum atomic E-state index is 11.4. The second kappa shape index (κ2) is 4.49. The number of carbonyl (C=O) groups is 1. The van der Waals surface area contributed by atoms with Crippen molar-refractivity contribution in [2.24, 2.45) is 0 Å². The topological polar surface area (TPSA) is 38.8 Å². The number of nitrogens with zero attached hydrogens (tertiary/aromatic N) is 1. The average Bonchev–Trinajstić information content (AvgIpc) is 2.12. The highest BCUT2D eigenvalue weighted by Crippen LogP contribution is 2.34. The fourth-order valence-corrected chi connectivity index (χ4v) is 2.41. The number of rotatable bonds is 4. The minimum atomic E-state index is -0.0823. The van der Waals surface area contributed by atoms with E-state index in [2.05, 4.69) is 4.90 Å². The molecule has 1 saturated heterocycles. The Morgan fingerprint density at radius 1 is 1.47 bits per heavy atom. The van der Waals surface area contributed by atoms with Gasteiger partial charge in [0.05, 0.1) is 13.2 Å². The van der Waals surface area contributed by atoms with Gasteiger partial charge in [-0.2, -0.15) is 0 Å². The molecule has 2 aliphatic rings. The predicted octanol–water partition coefficient (Wildman–Crippen LogP) is 0.801. The number of hydrogen-bond donors (Lipinski definition) is 0. The van der Waals surface area contributed by atoms with Gasteiger partial charge in [0.25, 0.3) is 0 Å². The van der Waals surface area contributed by atoms with Crippen LogP contribution in [0.2, 0.25) is 0 Å². The highest BCUT2D eigenvalue weighted by Gasteiger charge is 2.44. The molecular formula is C11H19NO3. The molecule has 0 aromatic heterocycles. The summed E-state index contributed by atoms with van der Waals surface area (Å²) in [6.45, 7) is 3.84. The Morgan fingerprint density at radius 2 is 2.20 bits per heavy atom. The van der Waals surface area contributed by atoms with E-state index < -0.39 is 0 Å². The van der Waals surface area contributed by atoms with Gasteiger partial charge in [-0.25, -0.2) is 0 Å². The van der Waals surface area contributed by atoms with Crippen molar-refractivity contribution in [1.82, 2.24) is 4.90 Å². The summed E-state index contributed by atoms with van der Waals surface area (Å²) in [6.07, 6.45) is 3.50. The van der Waals surface area contributed by atoms with Crippen LogP contribution in [0.4, 0.5) is 0 Å². The zero-order chi connectivity index (χ0) is 10.8. The number of methoxy groups -OCH3 is 1. The summed E-state index contributed by atoms with van der Waals surface area (Å²) in [5.74, 6) is -0.0823. The maximum Gasteiger partial charge on any atom is 0.323 e. The van der Waals surface area contributed by atoms with Crippen LogP contribution in [0.15, 0.2) is 0 Å². The van der Waals surface area contributed by atoms with Crippen molar-refractivity contribution in [1.29, 1.82) is 0 Å². The van der Waals surface area contributed by atoms with Crippen molar-refractivity contribution in [2.45, 2.75) is 44.4 Å². The molecule has 2 rings (SSSR count). The lowest BCUT2D eigenvalue weighted by Crippen LogP contribution is -2.61. The maximum absolute atomic E-state index is 11.4. The molecule has 2 fully saturated rings. The van der Waals surface area contributed by atoms with Gasteiger partial charge in [0, 0.05) is 19.2 Å². The second-order valence-corrected chi connectivity index (χ2v) is 4.27. The molecule has 0 radical (unpaired) electrons. The van der Waals surface area contributed by atoms with Crippen molar-refractivity contribution in [3.8, 4) is 0 Å². The first-order valence-electron chi connectivity index (χ1n) is 5.71. The summed E-state index contributed by atoms with van der Waals surface area (Å²) in [7, 11) is 1.46. The molecule has 1 atom stereocenters. The number of carbonyl (C=O) groups excluding carboxylic acids is 1. The van der Waals surface area contributed by atoms with E-state index in [0.29, 0.717) is 12.1 Å². The SMILES string of the molecule is CCOC1CC(N2CCC2C(=O)OC)C1. The Balaban J connectivity index is 1.75. The molecule has 4 heteroatoms. The van der Waals surface area contributed by atoms with E-state index in [1.54, 1.807) is 0 Å². The van der Waals surface area contributed by atoms with E-state index in [9.17, 15) is 4.79 Å². The van der Waals surface area contributed by atoms with Gasteiger partial charge in [0.2, 0.25) is 0 Å². The fraction of sp³-hybridized carbons (Fsp3) is 0.909. The molecule has 1 saturated carbocycles. The van der Waals surface area contributed by atoms with Gasteiger partial charge < -0.3 is 9.47 Å². The molecule has 0 aromatic carbocycles. The number of likely N-dealkylation sites (tertiary alicyclic amines) is 1. The first-order chi connectivity index (χ1) is 7.26. The van der Waals surface area contributed by atoms with Gasteiger partial charge >= 0.3 is 5.97 Å². The largest absolute Gasteiger partial charge is 0.468 e.